The highest BCUT2D eigenvalue weighted by atomic mass is 35.5. The number of amides is 1. The predicted molar refractivity (Wildman–Crippen MR) is 120 cm³/mol. The fourth-order valence-corrected chi connectivity index (χ4v) is 4.63. The number of ether oxygens (including phenoxy) is 1. The largest absolute Gasteiger partial charge is 0.497 e. The highest BCUT2D eigenvalue weighted by Gasteiger charge is 2.25. The zero-order chi connectivity index (χ0) is 20.2. The summed E-state index contributed by atoms with van der Waals surface area (Å²) in [5.74, 6) is 1.48. The second kappa shape index (κ2) is 8.93. The van der Waals surface area contributed by atoms with Crippen LogP contribution in [0.25, 0.3) is 10.9 Å². The Balaban J connectivity index is 1.32. The molecule has 150 valence electrons. The van der Waals surface area contributed by atoms with Crippen LogP contribution in [0, 0.1) is 0 Å². The second-order valence-electron chi connectivity index (χ2n) is 6.88. The van der Waals surface area contributed by atoms with E-state index in [2.05, 4.69) is 15.3 Å². The lowest BCUT2D eigenvalue weighted by Gasteiger charge is -2.08. The molecule has 0 saturated carbocycles. The van der Waals surface area contributed by atoms with Crippen LogP contribution in [0.15, 0.2) is 53.7 Å². The van der Waals surface area contributed by atoms with Crippen molar-refractivity contribution in [2.45, 2.75) is 18.9 Å². The molecule has 1 aromatic heterocycles. The van der Waals surface area contributed by atoms with E-state index in [0.29, 0.717) is 18.7 Å². The Morgan fingerprint density at radius 1 is 1.31 bits per heavy atom. The number of nitrogens with one attached hydrogen (secondary N) is 2. The zero-order valence-electron chi connectivity index (χ0n) is 16.1. The number of halogens is 1. The quantitative estimate of drug-likeness (QED) is 0.592. The van der Waals surface area contributed by atoms with Gasteiger partial charge in [0.15, 0.2) is 0 Å². The second-order valence-corrected chi connectivity index (χ2v) is 8.38. The summed E-state index contributed by atoms with van der Waals surface area (Å²) in [5, 5.41) is 5.84. The van der Waals surface area contributed by atoms with Gasteiger partial charge in [-0.1, -0.05) is 29.8 Å². The number of methoxy groups -OCH3 is 1. The van der Waals surface area contributed by atoms with E-state index < -0.39 is 0 Å². The van der Waals surface area contributed by atoms with Crippen LogP contribution in [0.2, 0.25) is 5.02 Å². The molecule has 0 fully saturated rings. The minimum atomic E-state index is -0.333. The maximum Gasteiger partial charge on any atom is 0.245 e. The highest BCUT2D eigenvalue weighted by molar-refractivity contribution is 8.14. The first-order chi connectivity index (χ1) is 14.1. The van der Waals surface area contributed by atoms with Crippen molar-refractivity contribution < 1.29 is 9.53 Å². The molecule has 0 bridgehead atoms. The first-order valence-corrected chi connectivity index (χ1v) is 10.8. The summed E-state index contributed by atoms with van der Waals surface area (Å²) >= 11 is 7.86. The third-order valence-electron chi connectivity index (χ3n) is 4.98. The molecule has 2 N–H and O–H groups in total. The molecule has 1 amide bonds. The van der Waals surface area contributed by atoms with E-state index in [9.17, 15) is 4.79 Å². The summed E-state index contributed by atoms with van der Waals surface area (Å²) in [4.78, 5) is 20.4. The van der Waals surface area contributed by atoms with Gasteiger partial charge in [-0.2, -0.15) is 0 Å². The van der Waals surface area contributed by atoms with Gasteiger partial charge in [0.2, 0.25) is 5.91 Å². The third-order valence-corrected chi connectivity index (χ3v) is 6.41. The van der Waals surface area contributed by atoms with Crippen LogP contribution in [0.1, 0.15) is 11.1 Å². The lowest BCUT2D eigenvalue weighted by molar-refractivity contribution is -0.121. The van der Waals surface area contributed by atoms with E-state index in [4.69, 9.17) is 16.3 Å². The Hall–Kier alpha value is -2.44. The number of nitrogens with zero attached hydrogens (tertiary/aromatic N) is 1. The van der Waals surface area contributed by atoms with Crippen molar-refractivity contribution >= 4 is 45.2 Å². The number of H-pyrrole nitrogens is 1. The molecule has 0 unspecified atom stereocenters. The molecule has 1 atom stereocenters. The van der Waals surface area contributed by atoms with Crippen molar-refractivity contribution in [1.29, 1.82) is 0 Å². The van der Waals surface area contributed by atoms with Crippen LogP contribution >= 0.6 is 23.4 Å². The number of aliphatic imine (C=N–C) groups is 1. The summed E-state index contributed by atoms with van der Waals surface area (Å²) in [6.07, 6.45) is 3.40. The Bertz CT molecular complexity index is 1060. The van der Waals surface area contributed by atoms with Crippen LogP contribution in [0.3, 0.4) is 0 Å². The van der Waals surface area contributed by atoms with E-state index in [-0.39, 0.29) is 11.9 Å². The molecule has 7 heteroatoms. The number of carbonyl (C=O) groups excluding carboxylic acids is 1. The molecule has 1 aliphatic heterocycles. The topological polar surface area (TPSA) is 66.5 Å². The van der Waals surface area contributed by atoms with Gasteiger partial charge in [-0.05, 0) is 41.8 Å². The zero-order valence-corrected chi connectivity index (χ0v) is 17.6. The van der Waals surface area contributed by atoms with Crippen molar-refractivity contribution in [3.8, 4) is 5.75 Å². The number of aromatic amines is 1. The first-order valence-electron chi connectivity index (χ1n) is 9.48. The monoisotopic (exact) mass is 427 g/mol. The average Bonchev–Trinajstić information content (AvgIpc) is 3.36. The Morgan fingerprint density at radius 3 is 3.00 bits per heavy atom. The van der Waals surface area contributed by atoms with Crippen LogP contribution in [0.5, 0.6) is 5.75 Å². The van der Waals surface area contributed by atoms with E-state index >= 15 is 0 Å². The normalized spacial score (nSPS) is 16.1. The summed E-state index contributed by atoms with van der Waals surface area (Å²) in [5.41, 5.74) is 3.26. The number of aromatic nitrogens is 1. The standard InChI is InChI=1S/C22H22ClN3O2S/c1-28-16-6-7-19-17(11-16)15(12-25-19)8-9-24-22(27)20-13-29-21(26-20)10-14-4-2-3-5-18(14)23/h2-7,11-12,20,25H,8-10,13H2,1H3,(H,24,27)/t20-/m0/s1. The van der Waals surface area contributed by atoms with Crippen molar-refractivity contribution in [3.05, 3.63) is 64.8 Å². The van der Waals surface area contributed by atoms with Gasteiger partial charge in [-0.3, -0.25) is 9.79 Å². The van der Waals surface area contributed by atoms with Crippen LogP contribution in [0.4, 0.5) is 0 Å². The molecule has 0 aliphatic carbocycles. The molecular weight excluding hydrogens is 406 g/mol. The summed E-state index contributed by atoms with van der Waals surface area (Å²) in [6, 6.07) is 13.4. The molecule has 2 heterocycles. The minimum absolute atomic E-state index is 0.0240. The number of hydrogen-bond acceptors (Lipinski definition) is 4. The van der Waals surface area contributed by atoms with E-state index in [1.807, 2.05) is 48.7 Å². The molecular formula is C22H22ClN3O2S. The molecule has 4 rings (SSSR count). The molecule has 29 heavy (non-hydrogen) atoms. The van der Waals surface area contributed by atoms with Gasteiger partial charge in [0.25, 0.3) is 0 Å². The molecule has 0 radical (unpaired) electrons. The maximum atomic E-state index is 12.5. The van der Waals surface area contributed by atoms with Gasteiger partial charge < -0.3 is 15.0 Å². The van der Waals surface area contributed by atoms with E-state index in [1.54, 1.807) is 18.9 Å². The van der Waals surface area contributed by atoms with Crippen molar-refractivity contribution in [2.75, 3.05) is 19.4 Å². The summed E-state index contributed by atoms with van der Waals surface area (Å²) in [6.45, 7) is 0.569. The summed E-state index contributed by atoms with van der Waals surface area (Å²) in [7, 11) is 1.66. The van der Waals surface area contributed by atoms with E-state index in [1.165, 1.54) is 0 Å². The fourth-order valence-electron chi connectivity index (χ4n) is 3.39. The first kappa shape index (κ1) is 19.9. The Kier molecular flexibility index (Phi) is 6.11. The van der Waals surface area contributed by atoms with Gasteiger partial charge in [0.1, 0.15) is 11.8 Å². The number of benzene rings is 2. The fraction of sp³-hybridized carbons (Fsp3) is 0.273. The highest BCUT2D eigenvalue weighted by Crippen LogP contribution is 2.25. The average molecular weight is 428 g/mol. The minimum Gasteiger partial charge on any atom is -0.497 e. The summed E-state index contributed by atoms with van der Waals surface area (Å²) < 4.78 is 5.31. The predicted octanol–water partition coefficient (Wildman–Crippen LogP) is 4.25. The Morgan fingerprint density at radius 2 is 2.17 bits per heavy atom. The number of carbonyl (C=O) groups is 1. The maximum absolute atomic E-state index is 12.5. The smallest absolute Gasteiger partial charge is 0.245 e. The molecule has 0 saturated heterocycles. The number of thioether (sulfide) groups is 1. The van der Waals surface area contributed by atoms with Gasteiger partial charge in [0, 0.05) is 40.8 Å². The number of hydrogen-bond donors (Lipinski definition) is 2. The van der Waals surface area contributed by atoms with Crippen molar-refractivity contribution in [2.24, 2.45) is 4.99 Å². The van der Waals surface area contributed by atoms with Crippen LogP contribution in [-0.2, 0) is 17.6 Å². The van der Waals surface area contributed by atoms with Gasteiger partial charge in [-0.25, -0.2) is 0 Å². The van der Waals surface area contributed by atoms with Crippen molar-refractivity contribution in [1.82, 2.24) is 10.3 Å². The Labute approximate surface area is 178 Å². The van der Waals surface area contributed by atoms with Gasteiger partial charge >= 0.3 is 0 Å². The lowest BCUT2D eigenvalue weighted by atomic mass is 10.1. The molecule has 3 aromatic rings. The van der Waals surface area contributed by atoms with Crippen LogP contribution < -0.4 is 10.1 Å². The number of rotatable bonds is 7. The van der Waals surface area contributed by atoms with Gasteiger partial charge in [0.05, 0.1) is 12.2 Å². The van der Waals surface area contributed by atoms with Crippen molar-refractivity contribution in [3.63, 3.8) is 0 Å². The molecule has 0 spiro atoms. The molecule has 1 aliphatic rings. The van der Waals surface area contributed by atoms with E-state index in [0.717, 1.165) is 44.3 Å². The third kappa shape index (κ3) is 4.60. The number of fused-ring (bicyclic) bond motifs is 1. The van der Waals surface area contributed by atoms with Gasteiger partial charge in [-0.15, -0.1) is 11.8 Å². The van der Waals surface area contributed by atoms with Crippen LogP contribution in [-0.4, -0.2) is 41.4 Å². The lowest BCUT2D eigenvalue weighted by Crippen LogP contribution is -2.35. The SMILES string of the molecule is COc1ccc2[nH]cc(CCNC(=O)[C@@H]3CSC(Cc4ccccc4Cl)=N3)c2c1. The molecule has 2 aromatic carbocycles. The molecule has 5 nitrogen and oxygen atoms in total.